The fraction of sp³-hybridized carbons (Fsp3) is 0.692. The second-order valence-corrected chi connectivity index (χ2v) is 4.89. The highest BCUT2D eigenvalue weighted by atomic mass is 35.5. The molecule has 0 N–H and O–H groups in total. The number of aromatic nitrogens is 2. The molecule has 0 unspecified atom stereocenters. The van der Waals surface area contributed by atoms with E-state index < -0.39 is 0 Å². The molecule has 0 aromatic carbocycles. The number of nitrogens with zero attached hydrogens (tertiary/aromatic N) is 2. The largest absolute Gasteiger partial charge is 0.475 e. The lowest BCUT2D eigenvalue weighted by atomic mass is 10.3. The minimum atomic E-state index is 0.446. The van der Waals surface area contributed by atoms with Gasteiger partial charge in [0.2, 0.25) is 5.88 Å². The molecule has 6 heteroatoms. The maximum absolute atomic E-state index is 6.09. The molecule has 19 heavy (non-hydrogen) atoms. The molecule has 0 radical (unpaired) electrons. The van der Waals surface area contributed by atoms with Gasteiger partial charge in [0.1, 0.15) is 17.6 Å². The van der Waals surface area contributed by atoms with Crippen LogP contribution < -0.4 is 4.74 Å². The molecule has 0 atom stereocenters. The van der Waals surface area contributed by atoms with E-state index in [2.05, 4.69) is 9.97 Å². The van der Waals surface area contributed by atoms with Gasteiger partial charge in [-0.1, -0.05) is 11.6 Å². The lowest BCUT2D eigenvalue weighted by Crippen LogP contribution is -2.12. The van der Waals surface area contributed by atoms with Crippen LogP contribution in [0, 0.1) is 6.92 Å². The van der Waals surface area contributed by atoms with Gasteiger partial charge in [-0.05, 0) is 19.8 Å². The fourth-order valence-electron chi connectivity index (χ4n) is 1.59. The van der Waals surface area contributed by atoms with Crippen molar-refractivity contribution in [2.45, 2.75) is 25.7 Å². The Kier molecular flexibility index (Phi) is 5.36. The summed E-state index contributed by atoms with van der Waals surface area (Å²) in [7, 11) is 1.64. The van der Waals surface area contributed by atoms with Gasteiger partial charge in [-0.15, -0.1) is 0 Å². The second-order valence-electron chi connectivity index (χ2n) is 4.53. The van der Waals surface area contributed by atoms with Crippen molar-refractivity contribution in [1.29, 1.82) is 0 Å². The van der Waals surface area contributed by atoms with Crippen LogP contribution in [0.15, 0.2) is 0 Å². The van der Waals surface area contributed by atoms with Crippen LogP contribution in [0.3, 0.4) is 0 Å². The number of halogens is 1. The number of rotatable bonds is 8. The number of hydrogen-bond acceptors (Lipinski definition) is 5. The van der Waals surface area contributed by atoms with Crippen LogP contribution in [0.4, 0.5) is 0 Å². The highest BCUT2D eigenvalue weighted by Crippen LogP contribution is 2.39. The first-order chi connectivity index (χ1) is 9.22. The lowest BCUT2D eigenvalue weighted by molar-refractivity contribution is 0.0535. The molecule has 0 bridgehead atoms. The number of hydrogen-bond donors (Lipinski definition) is 0. The highest BCUT2D eigenvalue weighted by molar-refractivity contribution is 6.30. The predicted molar refractivity (Wildman–Crippen MR) is 71.9 cm³/mol. The van der Waals surface area contributed by atoms with E-state index in [0.717, 1.165) is 24.2 Å². The van der Waals surface area contributed by atoms with Gasteiger partial charge >= 0.3 is 0 Å². The van der Waals surface area contributed by atoms with Gasteiger partial charge in [-0.3, -0.25) is 0 Å². The summed E-state index contributed by atoms with van der Waals surface area (Å²) in [4.78, 5) is 8.72. The Bertz CT molecular complexity index is 425. The van der Waals surface area contributed by atoms with Crippen LogP contribution in [0.25, 0.3) is 0 Å². The summed E-state index contributed by atoms with van der Waals surface area (Å²) in [6, 6.07) is 0. The van der Waals surface area contributed by atoms with Crippen molar-refractivity contribution >= 4 is 11.6 Å². The van der Waals surface area contributed by atoms with Crippen LogP contribution in [-0.2, 0) is 9.47 Å². The second kappa shape index (κ2) is 7.03. The van der Waals surface area contributed by atoms with Crippen LogP contribution in [0.1, 0.15) is 30.1 Å². The normalized spacial score (nSPS) is 14.7. The summed E-state index contributed by atoms with van der Waals surface area (Å²) in [5, 5.41) is 0.479. The SMILES string of the molecule is COCCOCCOc1nc(C2CC2)nc(Cl)c1C. The summed E-state index contributed by atoms with van der Waals surface area (Å²) >= 11 is 6.09. The summed E-state index contributed by atoms with van der Waals surface area (Å²) in [5.74, 6) is 1.82. The van der Waals surface area contributed by atoms with Crippen LogP contribution >= 0.6 is 11.6 Å². The minimum absolute atomic E-state index is 0.446. The van der Waals surface area contributed by atoms with Gasteiger partial charge in [-0.25, -0.2) is 4.98 Å². The van der Waals surface area contributed by atoms with E-state index in [1.165, 1.54) is 0 Å². The molecule has 1 aliphatic carbocycles. The van der Waals surface area contributed by atoms with E-state index in [1.54, 1.807) is 7.11 Å². The average molecular weight is 287 g/mol. The maximum Gasteiger partial charge on any atom is 0.221 e. The monoisotopic (exact) mass is 286 g/mol. The van der Waals surface area contributed by atoms with Gasteiger partial charge in [0.25, 0.3) is 0 Å². The third-order valence-corrected chi connectivity index (χ3v) is 3.27. The fourth-order valence-corrected chi connectivity index (χ4v) is 1.76. The summed E-state index contributed by atoms with van der Waals surface area (Å²) in [6.07, 6.45) is 2.28. The van der Waals surface area contributed by atoms with Crippen LogP contribution in [-0.4, -0.2) is 43.5 Å². The molecule has 1 heterocycles. The molecule has 0 aliphatic heterocycles. The van der Waals surface area contributed by atoms with E-state index >= 15 is 0 Å². The van der Waals surface area contributed by atoms with Crippen molar-refractivity contribution in [3.05, 3.63) is 16.5 Å². The van der Waals surface area contributed by atoms with Gasteiger partial charge in [-0.2, -0.15) is 4.98 Å². The summed E-state index contributed by atoms with van der Waals surface area (Å²) in [6.45, 7) is 3.96. The lowest BCUT2D eigenvalue weighted by Gasteiger charge is -2.10. The summed E-state index contributed by atoms with van der Waals surface area (Å²) in [5.41, 5.74) is 0.781. The van der Waals surface area contributed by atoms with Crippen molar-refractivity contribution in [3.8, 4) is 5.88 Å². The van der Waals surface area contributed by atoms with Gasteiger partial charge in [0.15, 0.2) is 0 Å². The van der Waals surface area contributed by atoms with Crippen LogP contribution in [0.2, 0.25) is 5.15 Å². The zero-order chi connectivity index (χ0) is 13.7. The molecule has 1 fully saturated rings. The molecule has 0 saturated heterocycles. The van der Waals surface area contributed by atoms with E-state index in [0.29, 0.717) is 43.4 Å². The third-order valence-electron chi connectivity index (χ3n) is 2.90. The smallest absolute Gasteiger partial charge is 0.221 e. The first-order valence-corrected chi connectivity index (χ1v) is 6.83. The number of ether oxygens (including phenoxy) is 3. The zero-order valence-electron chi connectivity index (χ0n) is 11.3. The molecular weight excluding hydrogens is 268 g/mol. The molecule has 5 nitrogen and oxygen atoms in total. The Morgan fingerprint density at radius 2 is 1.89 bits per heavy atom. The van der Waals surface area contributed by atoms with Gasteiger partial charge in [0, 0.05) is 18.6 Å². The molecule has 106 valence electrons. The third kappa shape index (κ3) is 4.30. The maximum atomic E-state index is 6.09. The molecule has 1 aromatic rings. The quantitative estimate of drug-likeness (QED) is 0.542. The Hall–Kier alpha value is -0.910. The minimum Gasteiger partial charge on any atom is -0.475 e. The van der Waals surface area contributed by atoms with Crippen molar-refractivity contribution in [1.82, 2.24) is 9.97 Å². The average Bonchev–Trinajstić information content (AvgIpc) is 3.22. The molecule has 1 aromatic heterocycles. The number of methoxy groups -OCH3 is 1. The van der Waals surface area contributed by atoms with Crippen molar-refractivity contribution in [2.24, 2.45) is 0 Å². The van der Waals surface area contributed by atoms with Crippen molar-refractivity contribution < 1.29 is 14.2 Å². The Morgan fingerprint density at radius 1 is 1.16 bits per heavy atom. The van der Waals surface area contributed by atoms with E-state index in [9.17, 15) is 0 Å². The van der Waals surface area contributed by atoms with E-state index in [4.69, 9.17) is 25.8 Å². The van der Waals surface area contributed by atoms with Gasteiger partial charge < -0.3 is 14.2 Å². The molecule has 2 rings (SSSR count). The first kappa shape index (κ1) is 14.5. The molecule has 1 saturated carbocycles. The topological polar surface area (TPSA) is 53.5 Å². The Labute approximate surface area is 118 Å². The molecule has 0 amide bonds. The Morgan fingerprint density at radius 3 is 2.58 bits per heavy atom. The molecule has 0 spiro atoms. The van der Waals surface area contributed by atoms with Crippen LogP contribution in [0.5, 0.6) is 5.88 Å². The summed E-state index contributed by atoms with van der Waals surface area (Å²) < 4.78 is 15.8. The molecular formula is C13H19ClN2O3. The highest BCUT2D eigenvalue weighted by Gasteiger charge is 2.28. The standard InChI is InChI=1S/C13H19ClN2O3/c1-9-11(14)15-12(10-3-4-10)16-13(9)19-8-7-18-6-5-17-2/h10H,3-8H2,1-2H3. The molecule has 1 aliphatic rings. The predicted octanol–water partition coefficient (Wildman–Crippen LogP) is 2.36. The van der Waals surface area contributed by atoms with E-state index in [-0.39, 0.29) is 0 Å². The van der Waals surface area contributed by atoms with Gasteiger partial charge in [0.05, 0.1) is 19.8 Å². The first-order valence-electron chi connectivity index (χ1n) is 6.46. The van der Waals surface area contributed by atoms with Crippen molar-refractivity contribution in [2.75, 3.05) is 33.5 Å². The van der Waals surface area contributed by atoms with E-state index in [1.807, 2.05) is 6.92 Å². The van der Waals surface area contributed by atoms with Crippen molar-refractivity contribution in [3.63, 3.8) is 0 Å². The zero-order valence-corrected chi connectivity index (χ0v) is 12.1. The Balaban J connectivity index is 1.84.